The summed E-state index contributed by atoms with van der Waals surface area (Å²) < 4.78 is 58.1. The standard InChI is InChI=1S/C24H20F3NO5/c25-24(26,27)33-17-7-5-16(6-8-17)13-28-19-4-2-1-3-18(19)23(22(28)29)11-9-20-21(32-15-31-20)10-12-30-14-23/h1-10H,11-15H2/b20-9+,21-10+. The summed E-state index contributed by atoms with van der Waals surface area (Å²) >= 11 is 0. The van der Waals surface area contributed by atoms with Gasteiger partial charge in [0, 0.05) is 5.69 Å². The first-order valence-electron chi connectivity index (χ1n) is 10.4. The first-order valence-corrected chi connectivity index (χ1v) is 10.4. The molecule has 1 spiro atoms. The van der Waals surface area contributed by atoms with Crippen molar-refractivity contribution < 1.29 is 36.9 Å². The number of carbonyl (C=O) groups is 1. The molecule has 3 aliphatic heterocycles. The highest BCUT2D eigenvalue weighted by atomic mass is 19.4. The monoisotopic (exact) mass is 459 g/mol. The van der Waals surface area contributed by atoms with Gasteiger partial charge in [-0.15, -0.1) is 13.2 Å². The molecule has 0 radical (unpaired) electrons. The highest BCUT2D eigenvalue weighted by molar-refractivity contribution is 6.08. The Labute approximate surface area is 187 Å². The summed E-state index contributed by atoms with van der Waals surface area (Å²) in [7, 11) is 0. The molecule has 2 aromatic carbocycles. The SMILES string of the molecule is O=C1N(Cc2ccc(OC(F)(F)F)cc2)c2ccccc2C12C/C=C1/OCO/C1=C/COC2. The number of hydrogen-bond acceptors (Lipinski definition) is 5. The second kappa shape index (κ2) is 8.15. The van der Waals surface area contributed by atoms with Gasteiger partial charge in [-0.1, -0.05) is 30.3 Å². The number of rotatable bonds is 3. The van der Waals surface area contributed by atoms with Gasteiger partial charge in [-0.05, 0) is 47.9 Å². The number of para-hydroxylation sites is 1. The highest BCUT2D eigenvalue weighted by Crippen LogP contribution is 2.46. The van der Waals surface area contributed by atoms with Crippen molar-refractivity contribution in [3.05, 3.63) is 83.3 Å². The smallest absolute Gasteiger partial charge is 0.454 e. The van der Waals surface area contributed by atoms with Gasteiger partial charge < -0.3 is 23.8 Å². The van der Waals surface area contributed by atoms with Crippen LogP contribution < -0.4 is 9.64 Å². The number of fused-ring (bicyclic) bond motifs is 3. The fraction of sp³-hybridized carbons (Fsp3) is 0.292. The number of anilines is 1. The highest BCUT2D eigenvalue weighted by Gasteiger charge is 2.50. The molecule has 1 saturated heterocycles. The van der Waals surface area contributed by atoms with E-state index in [4.69, 9.17) is 14.2 Å². The lowest BCUT2D eigenvalue weighted by Crippen LogP contribution is -2.43. The Morgan fingerprint density at radius 3 is 2.48 bits per heavy atom. The number of nitrogens with zero attached hydrogens (tertiary/aromatic N) is 1. The topological polar surface area (TPSA) is 57.2 Å². The second-order valence-electron chi connectivity index (χ2n) is 7.94. The van der Waals surface area contributed by atoms with E-state index in [9.17, 15) is 18.0 Å². The van der Waals surface area contributed by atoms with Crippen LogP contribution in [0.2, 0.25) is 0 Å². The quantitative estimate of drug-likeness (QED) is 0.674. The van der Waals surface area contributed by atoms with E-state index >= 15 is 0 Å². The minimum atomic E-state index is -4.76. The maximum absolute atomic E-state index is 13.8. The Morgan fingerprint density at radius 2 is 1.73 bits per heavy atom. The number of halogens is 3. The molecular formula is C24H20F3NO5. The molecule has 172 valence electrons. The van der Waals surface area contributed by atoms with Crippen molar-refractivity contribution in [2.75, 3.05) is 24.9 Å². The third kappa shape index (κ3) is 4.04. The summed E-state index contributed by atoms with van der Waals surface area (Å²) in [4.78, 5) is 15.5. The Balaban J connectivity index is 1.45. The van der Waals surface area contributed by atoms with Crippen LogP contribution in [0.1, 0.15) is 17.5 Å². The fourth-order valence-electron chi connectivity index (χ4n) is 4.38. The van der Waals surface area contributed by atoms with Gasteiger partial charge in [0.25, 0.3) is 0 Å². The van der Waals surface area contributed by atoms with E-state index in [1.165, 1.54) is 24.3 Å². The molecule has 0 aliphatic carbocycles. The fourth-order valence-corrected chi connectivity index (χ4v) is 4.38. The number of allylic oxidation sites excluding steroid dienone is 1. The van der Waals surface area contributed by atoms with Crippen LogP contribution in [0.4, 0.5) is 18.9 Å². The largest absolute Gasteiger partial charge is 0.573 e. The normalized spacial score (nSPS) is 25.4. The van der Waals surface area contributed by atoms with Gasteiger partial charge >= 0.3 is 6.36 Å². The van der Waals surface area contributed by atoms with E-state index in [-0.39, 0.29) is 38.2 Å². The number of carbonyl (C=O) groups excluding carboxylic acids is 1. The Bertz CT molecular complexity index is 1130. The van der Waals surface area contributed by atoms with Crippen molar-refractivity contribution >= 4 is 11.6 Å². The predicted molar refractivity (Wildman–Crippen MR) is 111 cm³/mol. The molecule has 3 heterocycles. The van der Waals surface area contributed by atoms with Gasteiger partial charge in [0.2, 0.25) is 12.7 Å². The molecule has 0 bridgehead atoms. The first-order chi connectivity index (χ1) is 15.9. The maximum Gasteiger partial charge on any atom is 0.573 e. The Kier molecular flexibility index (Phi) is 5.28. The number of ether oxygens (including phenoxy) is 4. The first kappa shape index (κ1) is 21.4. The molecule has 33 heavy (non-hydrogen) atoms. The third-order valence-electron chi connectivity index (χ3n) is 5.91. The van der Waals surface area contributed by atoms with E-state index in [0.29, 0.717) is 23.5 Å². The van der Waals surface area contributed by atoms with Gasteiger partial charge in [0.15, 0.2) is 11.5 Å². The molecule has 3 aliphatic rings. The summed E-state index contributed by atoms with van der Waals surface area (Å²) in [5, 5.41) is 0. The number of hydrogen-bond donors (Lipinski definition) is 0. The van der Waals surface area contributed by atoms with Gasteiger partial charge in [-0.3, -0.25) is 4.79 Å². The van der Waals surface area contributed by atoms with Crippen LogP contribution in [-0.2, 0) is 31.0 Å². The van der Waals surface area contributed by atoms with Crippen LogP contribution in [0.15, 0.2) is 72.2 Å². The zero-order valence-electron chi connectivity index (χ0n) is 17.4. The van der Waals surface area contributed by atoms with Crippen molar-refractivity contribution in [2.24, 2.45) is 0 Å². The Morgan fingerprint density at radius 1 is 1.00 bits per heavy atom. The maximum atomic E-state index is 13.8. The van der Waals surface area contributed by atoms with Gasteiger partial charge in [-0.25, -0.2) is 0 Å². The molecule has 1 amide bonds. The molecule has 2 aromatic rings. The molecule has 9 heteroatoms. The molecule has 0 aromatic heterocycles. The summed E-state index contributed by atoms with van der Waals surface area (Å²) in [6.45, 7) is 0.762. The van der Waals surface area contributed by atoms with Crippen LogP contribution in [0.25, 0.3) is 0 Å². The van der Waals surface area contributed by atoms with Crippen LogP contribution >= 0.6 is 0 Å². The lowest BCUT2D eigenvalue weighted by Gasteiger charge is -2.27. The summed E-state index contributed by atoms with van der Waals surface area (Å²) in [6, 6.07) is 13.0. The summed E-state index contributed by atoms with van der Waals surface area (Å²) in [5.74, 6) is 0.737. The lowest BCUT2D eigenvalue weighted by molar-refractivity contribution is -0.274. The molecule has 1 fully saturated rings. The van der Waals surface area contributed by atoms with E-state index in [0.717, 1.165) is 11.3 Å². The van der Waals surface area contributed by atoms with Gasteiger partial charge in [0.05, 0.1) is 19.8 Å². The predicted octanol–water partition coefficient (Wildman–Crippen LogP) is 4.56. The van der Waals surface area contributed by atoms with Crippen LogP contribution in [0.3, 0.4) is 0 Å². The zero-order chi connectivity index (χ0) is 23.1. The molecule has 0 saturated carbocycles. The van der Waals surface area contributed by atoms with E-state index in [1.54, 1.807) is 11.0 Å². The molecule has 1 atom stereocenters. The Hall–Kier alpha value is -3.46. The lowest BCUT2D eigenvalue weighted by atomic mass is 9.79. The van der Waals surface area contributed by atoms with E-state index < -0.39 is 11.8 Å². The number of amides is 1. The van der Waals surface area contributed by atoms with Gasteiger partial charge in [0.1, 0.15) is 11.2 Å². The summed E-state index contributed by atoms with van der Waals surface area (Å²) in [5.41, 5.74) is 1.31. The van der Waals surface area contributed by atoms with Crippen molar-refractivity contribution in [2.45, 2.75) is 24.7 Å². The van der Waals surface area contributed by atoms with E-state index in [2.05, 4.69) is 4.74 Å². The average molecular weight is 459 g/mol. The van der Waals surface area contributed by atoms with Gasteiger partial charge in [-0.2, -0.15) is 0 Å². The second-order valence-corrected chi connectivity index (χ2v) is 7.94. The molecule has 0 N–H and O–H groups in total. The van der Waals surface area contributed by atoms with Crippen molar-refractivity contribution in [3.8, 4) is 5.75 Å². The number of alkyl halides is 3. The number of benzene rings is 2. The third-order valence-corrected chi connectivity index (χ3v) is 5.91. The van der Waals surface area contributed by atoms with Crippen LogP contribution in [0.5, 0.6) is 5.75 Å². The van der Waals surface area contributed by atoms with Crippen molar-refractivity contribution in [3.63, 3.8) is 0 Å². The van der Waals surface area contributed by atoms with E-state index in [1.807, 2.05) is 30.3 Å². The molecule has 6 nitrogen and oxygen atoms in total. The summed E-state index contributed by atoms with van der Waals surface area (Å²) in [6.07, 6.45) is -0.764. The molecular weight excluding hydrogens is 439 g/mol. The minimum Gasteiger partial charge on any atom is -0.454 e. The van der Waals surface area contributed by atoms with Crippen molar-refractivity contribution in [1.29, 1.82) is 0 Å². The van der Waals surface area contributed by atoms with Crippen molar-refractivity contribution in [1.82, 2.24) is 0 Å². The zero-order valence-corrected chi connectivity index (χ0v) is 17.4. The molecule has 1 unspecified atom stereocenters. The molecule has 5 rings (SSSR count). The van der Waals surface area contributed by atoms with Crippen LogP contribution in [0, 0.1) is 0 Å². The van der Waals surface area contributed by atoms with Crippen LogP contribution in [-0.4, -0.2) is 32.3 Å². The average Bonchev–Trinajstić information content (AvgIpc) is 3.34. The minimum absolute atomic E-state index is 0.120.